The number of nitrogens with two attached hydrogens (primary N) is 1. The SMILES string of the molecule is COc1ccc(C(=O)NCC2CCCC(N)C2)cc1F. The molecule has 0 bridgehead atoms. The van der Waals surface area contributed by atoms with Gasteiger partial charge in [0.2, 0.25) is 0 Å². The average molecular weight is 280 g/mol. The van der Waals surface area contributed by atoms with Gasteiger partial charge in [0.15, 0.2) is 11.6 Å². The van der Waals surface area contributed by atoms with Crippen LogP contribution in [0.3, 0.4) is 0 Å². The lowest BCUT2D eigenvalue weighted by Gasteiger charge is -2.26. The van der Waals surface area contributed by atoms with E-state index < -0.39 is 5.82 Å². The summed E-state index contributed by atoms with van der Waals surface area (Å²) in [5.74, 6) is -0.226. The number of methoxy groups -OCH3 is 1. The molecule has 0 spiro atoms. The number of hydrogen-bond donors (Lipinski definition) is 2. The van der Waals surface area contributed by atoms with Gasteiger partial charge < -0.3 is 15.8 Å². The Balaban J connectivity index is 1.90. The van der Waals surface area contributed by atoms with E-state index in [2.05, 4.69) is 5.32 Å². The molecule has 0 aliphatic heterocycles. The molecule has 1 aliphatic carbocycles. The van der Waals surface area contributed by atoms with Gasteiger partial charge in [0.1, 0.15) is 0 Å². The molecule has 4 nitrogen and oxygen atoms in total. The van der Waals surface area contributed by atoms with Gasteiger partial charge in [0.25, 0.3) is 5.91 Å². The number of halogens is 1. The quantitative estimate of drug-likeness (QED) is 0.887. The first kappa shape index (κ1) is 14.8. The first-order valence-corrected chi connectivity index (χ1v) is 6.97. The Morgan fingerprint density at radius 3 is 2.95 bits per heavy atom. The molecule has 1 amide bonds. The number of carbonyl (C=O) groups is 1. The van der Waals surface area contributed by atoms with Crippen molar-refractivity contribution in [1.82, 2.24) is 5.32 Å². The Bertz CT molecular complexity index is 479. The maximum atomic E-state index is 13.5. The van der Waals surface area contributed by atoms with E-state index in [1.165, 1.54) is 19.2 Å². The highest BCUT2D eigenvalue weighted by atomic mass is 19.1. The summed E-state index contributed by atoms with van der Waals surface area (Å²) >= 11 is 0. The van der Waals surface area contributed by atoms with E-state index in [9.17, 15) is 9.18 Å². The van der Waals surface area contributed by atoms with Crippen molar-refractivity contribution in [3.8, 4) is 5.75 Å². The van der Waals surface area contributed by atoms with E-state index in [0.29, 0.717) is 18.0 Å². The van der Waals surface area contributed by atoms with Gasteiger partial charge in [-0.15, -0.1) is 0 Å². The van der Waals surface area contributed by atoms with Gasteiger partial charge in [-0.1, -0.05) is 6.42 Å². The Hall–Kier alpha value is -1.62. The number of ether oxygens (including phenoxy) is 1. The third kappa shape index (κ3) is 3.70. The zero-order valence-electron chi connectivity index (χ0n) is 11.7. The van der Waals surface area contributed by atoms with Crippen molar-refractivity contribution >= 4 is 5.91 Å². The fraction of sp³-hybridized carbons (Fsp3) is 0.533. The smallest absolute Gasteiger partial charge is 0.251 e. The summed E-state index contributed by atoms with van der Waals surface area (Å²) in [6.07, 6.45) is 4.20. The lowest BCUT2D eigenvalue weighted by molar-refractivity contribution is 0.0942. The van der Waals surface area contributed by atoms with Gasteiger partial charge in [0.05, 0.1) is 7.11 Å². The van der Waals surface area contributed by atoms with Crippen LogP contribution in [0.5, 0.6) is 5.75 Å². The van der Waals surface area contributed by atoms with Gasteiger partial charge in [-0.2, -0.15) is 0 Å². The number of hydrogen-bond acceptors (Lipinski definition) is 3. The zero-order chi connectivity index (χ0) is 14.5. The molecule has 0 saturated heterocycles. The van der Waals surface area contributed by atoms with Crippen molar-refractivity contribution < 1.29 is 13.9 Å². The van der Waals surface area contributed by atoms with Gasteiger partial charge >= 0.3 is 0 Å². The Morgan fingerprint density at radius 1 is 1.50 bits per heavy atom. The van der Waals surface area contributed by atoms with E-state index in [1.807, 2.05) is 0 Å². The molecule has 0 heterocycles. The number of nitrogens with one attached hydrogen (secondary N) is 1. The van der Waals surface area contributed by atoms with E-state index >= 15 is 0 Å². The fourth-order valence-corrected chi connectivity index (χ4v) is 2.66. The molecule has 20 heavy (non-hydrogen) atoms. The monoisotopic (exact) mass is 280 g/mol. The van der Waals surface area contributed by atoms with Gasteiger partial charge in [-0.25, -0.2) is 4.39 Å². The molecule has 1 fully saturated rings. The van der Waals surface area contributed by atoms with Crippen LogP contribution < -0.4 is 15.8 Å². The molecule has 2 atom stereocenters. The number of rotatable bonds is 4. The summed E-state index contributed by atoms with van der Waals surface area (Å²) in [5.41, 5.74) is 6.23. The summed E-state index contributed by atoms with van der Waals surface area (Å²) in [5, 5.41) is 2.85. The van der Waals surface area contributed by atoms with E-state index in [1.54, 1.807) is 6.07 Å². The van der Waals surface area contributed by atoms with Crippen molar-refractivity contribution in [1.29, 1.82) is 0 Å². The third-order valence-corrected chi connectivity index (χ3v) is 3.79. The van der Waals surface area contributed by atoms with Gasteiger partial charge in [-0.3, -0.25) is 4.79 Å². The fourth-order valence-electron chi connectivity index (χ4n) is 2.66. The highest BCUT2D eigenvalue weighted by Crippen LogP contribution is 2.22. The molecule has 0 aromatic heterocycles. The van der Waals surface area contributed by atoms with Crippen LogP contribution in [0, 0.1) is 11.7 Å². The molecule has 5 heteroatoms. The van der Waals surface area contributed by atoms with Crippen molar-refractivity contribution in [3.05, 3.63) is 29.6 Å². The standard InChI is InChI=1S/C15H21FN2O2/c1-20-14-6-5-11(8-13(14)16)15(19)18-9-10-3-2-4-12(17)7-10/h5-6,8,10,12H,2-4,7,9,17H2,1H3,(H,18,19). The van der Waals surface area contributed by atoms with Crippen molar-refractivity contribution in [2.75, 3.05) is 13.7 Å². The maximum absolute atomic E-state index is 13.5. The molecule has 1 aromatic carbocycles. The molecule has 1 aliphatic rings. The van der Waals surface area contributed by atoms with Crippen molar-refractivity contribution in [3.63, 3.8) is 0 Å². The van der Waals surface area contributed by atoms with E-state index in [-0.39, 0.29) is 17.7 Å². The first-order chi connectivity index (χ1) is 9.60. The normalized spacial score (nSPS) is 22.4. The maximum Gasteiger partial charge on any atom is 0.251 e. The summed E-state index contributed by atoms with van der Waals surface area (Å²) in [6, 6.07) is 4.45. The molecule has 1 saturated carbocycles. The van der Waals surface area contributed by atoms with Crippen LogP contribution in [0.15, 0.2) is 18.2 Å². The first-order valence-electron chi connectivity index (χ1n) is 6.97. The van der Waals surface area contributed by atoms with Crippen LogP contribution in [0.2, 0.25) is 0 Å². The summed E-state index contributed by atoms with van der Waals surface area (Å²) < 4.78 is 18.4. The Labute approximate surface area is 118 Å². The predicted octanol–water partition coefficient (Wildman–Crippen LogP) is 2.08. The van der Waals surface area contributed by atoms with E-state index in [4.69, 9.17) is 10.5 Å². The average Bonchev–Trinajstić information content (AvgIpc) is 2.44. The van der Waals surface area contributed by atoms with Gasteiger partial charge in [-0.05, 0) is 43.4 Å². The van der Waals surface area contributed by atoms with Crippen molar-refractivity contribution in [2.24, 2.45) is 11.7 Å². The van der Waals surface area contributed by atoms with Crippen LogP contribution in [0.25, 0.3) is 0 Å². The zero-order valence-corrected chi connectivity index (χ0v) is 11.7. The minimum absolute atomic E-state index is 0.139. The lowest BCUT2D eigenvalue weighted by atomic mass is 9.86. The summed E-state index contributed by atoms with van der Waals surface area (Å²) in [6.45, 7) is 0.597. The topological polar surface area (TPSA) is 64.3 Å². The molecular formula is C15H21FN2O2. The van der Waals surface area contributed by atoms with Crippen LogP contribution in [0.4, 0.5) is 4.39 Å². The molecule has 0 radical (unpaired) electrons. The van der Waals surface area contributed by atoms with E-state index in [0.717, 1.165) is 25.7 Å². The largest absolute Gasteiger partial charge is 0.494 e. The van der Waals surface area contributed by atoms with Crippen LogP contribution >= 0.6 is 0 Å². The van der Waals surface area contributed by atoms with Crippen LogP contribution in [0.1, 0.15) is 36.0 Å². The second-order valence-corrected chi connectivity index (χ2v) is 5.35. The minimum Gasteiger partial charge on any atom is -0.494 e. The Morgan fingerprint density at radius 2 is 2.30 bits per heavy atom. The summed E-state index contributed by atoms with van der Waals surface area (Å²) in [4.78, 5) is 12.0. The highest BCUT2D eigenvalue weighted by Gasteiger charge is 2.20. The highest BCUT2D eigenvalue weighted by molar-refractivity contribution is 5.94. The predicted molar refractivity (Wildman–Crippen MR) is 75.2 cm³/mol. The molecule has 1 aromatic rings. The summed E-state index contributed by atoms with van der Waals surface area (Å²) in [7, 11) is 1.39. The van der Waals surface area contributed by atoms with Crippen molar-refractivity contribution in [2.45, 2.75) is 31.7 Å². The molecule has 2 unspecified atom stereocenters. The van der Waals surface area contributed by atoms with Gasteiger partial charge in [0, 0.05) is 18.2 Å². The number of amides is 1. The van der Waals surface area contributed by atoms with Crippen LogP contribution in [-0.4, -0.2) is 25.6 Å². The molecule has 2 rings (SSSR count). The minimum atomic E-state index is -0.528. The lowest BCUT2D eigenvalue weighted by Crippen LogP contribution is -2.35. The number of benzene rings is 1. The second kappa shape index (κ2) is 6.70. The molecule has 3 N–H and O–H groups in total. The van der Waals surface area contributed by atoms with Crippen LogP contribution in [-0.2, 0) is 0 Å². The number of carbonyl (C=O) groups excluding carboxylic acids is 1. The second-order valence-electron chi connectivity index (χ2n) is 5.35. The molecular weight excluding hydrogens is 259 g/mol. The molecule has 110 valence electrons. The Kier molecular flexibility index (Phi) is 4.95. The third-order valence-electron chi connectivity index (χ3n) is 3.79.